The predicted octanol–water partition coefficient (Wildman–Crippen LogP) is 4.11. The molecule has 174 valence electrons. The molecule has 0 saturated heterocycles. The maximum Gasteiger partial charge on any atom is 0.408 e. The summed E-state index contributed by atoms with van der Waals surface area (Å²) in [5.41, 5.74) is 0.995. The molecule has 0 radical (unpaired) electrons. The number of carbonyl (C=O) groups excluding carboxylic acids is 1. The summed E-state index contributed by atoms with van der Waals surface area (Å²) in [6, 6.07) is 1.71. The third-order valence-electron chi connectivity index (χ3n) is 5.02. The molecule has 0 spiro atoms. The molecule has 0 aliphatic carbocycles. The van der Waals surface area contributed by atoms with Crippen LogP contribution in [0.4, 0.5) is 23.5 Å². The van der Waals surface area contributed by atoms with Crippen molar-refractivity contribution < 1.29 is 22.4 Å². The molecule has 12 heteroatoms. The third-order valence-corrected chi connectivity index (χ3v) is 5.02. The van der Waals surface area contributed by atoms with Crippen LogP contribution in [0.25, 0.3) is 27.7 Å². The van der Waals surface area contributed by atoms with Gasteiger partial charge in [0.1, 0.15) is 17.4 Å². The fraction of sp³-hybridized carbons (Fsp3) is 0.333. The maximum atomic E-state index is 13.7. The SMILES string of the molecule is C[C@H](Nc1ncc2c(-c3ccn4ncc(C(=O)NCC(C)(C)F)c4c3)c[nH]c2n1)C(F)(F)F. The number of pyridine rings is 1. The first-order chi connectivity index (χ1) is 15.4. The second-order valence-corrected chi connectivity index (χ2v) is 8.27. The van der Waals surface area contributed by atoms with E-state index >= 15 is 0 Å². The van der Waals surface area contributed by atoms with Crippen LogP contribution in [0.15, 0.2) is 36.9 Å². The monoisotopic (exact) mass is 463 g/mol. The lowest BCUT2D eigenvalue weighted by atomic mass is 10.1. The Kier molecular flexibility index (Phi) is 5.46. The normalized spacial score (nSPS) is 13.4. The quantitative estimate of drug-likeness (QED) is 0.374. The highest BCUT2D eigenvalue weighted by molar-refractivity contribution is 6.02. The molecule has 0 aliphatic rings. The summed E-state index contributed by atoms with van der Waals surface area (Å²) in [4.78, 5) is 23.6. The molecule has 0 fully saturated rings. The van der Waals surface area contributed by atoms with Gasteiger partial charge in [-0.2, -0.15) is 23.3 Å². The number of alkyl halides is 4. The Labute approximate surface area is 185 Å². The summed E-state index contributed by atoms with van der Waals surface area (Å²) in [5, 5.41) is 9.54. The molecule has 4 rings (SSSR count). The van der Waals surface area contributed by atoms with Crippen molar-refractivity contribution in [2.24, 2.45) is 0 Å². The van der Waals surface area contributed by atoms with Gasteiger partial charge in [0.15, 0.2) is 0 Å². The van der Waals surface area contributed by atoms with E-state index in [-0.39, 0.29) is 18.1 Å². The van der Waals surface area contributed by atoms with Crippen LogP contribution in [0.1, 0.15) is 31.1 Å². The van der Waals surface area contributed by atoms with Crippen LogP contribution in [0, 0.1) is 0 Å². The van der Waals surface area contributed by atoms with Crippen LogP contribution in [-0.2, 0) is 0 Å². The minimum atomic E-state index is -4.43. The van der Waals surface area contributed by atoms with Gasteiger partial charge < -0.3 is 15.6 Å². The Morgan fingerprint density at radius 1 is 1.24 bits per heavy atom. The van der Waals surface area contributed by atoms with Crippen molar-refractivity contribution in [3.8, 4) is 11.1 Å². The predicted molar refractivity (Wildman–Crippen MR) is 115 cm³/mol. The molecule has 4 aromatic heterocycles. The molecule has 1 amide bonds. The van der Waals surface area contributed by atoms with Crippen molar-refractivity contribution in [1.29, 1.82) is 0 Å². The van der Waals surface area contributed by atoms with Gasteiger partial charge in [-0.05, 0) is 38.5 Å². The van der Waals surface area contributed by atoms with Gasteiger partial charge in [-0.3, -0.25) is 4.79 Å². The standard InChI is InChI=1S/C21H21F4N7O/c1-11(21(23,24)25)30-19-27-8-14-13(7-26-17(14)31-19)12-4-5-32-16(6-12)15(9-29-32)18(33)28-10-20(2,3)22/h4-9,11H,10H2,1-3H3,(H,28,33)(H2,26,27,30,31)/t11-/m0/s1. The molecule has 3 N–H and O–H groups in total. The first-order valence-electron chi connectivity index (χ1n) is 10.0. The number of aromatic nitrogens is 5. The zero-order valence-electron chi connectivity index (χ0n) is 18.0. The van der Waals surface area contributed by atoms with Gasteiger partial charge in [0, 0.05) is 29.5 Å². The molecule has 8 nitrogen and oxygen atoms in total. The molecule has 0 unspecified atom stereocenters. The first-order valence-corrected chi connectivity index (χ1v) is 10.0. The Balaban J connectivity index is 1.65. The Bertz CT molecular complexity index is 1320. The van der Waals surface area contributed by atoms with E-state index in [9.17, 15) is 22.4 Å². The van der Waals surface area contributed by atoms with Gasteiger partial charge in [0.2, 0.25) is 5.95 Å². The number of H-pyrrole nitrogens is 1. The van der Waals surface area contributed by atoms with E-state index in [1.807, 2.05) is 0 Å². The summed E-state index contributed by atoms with van der Waals surface area (Å²) >= 11 is 0. The highest BCUT2D eigenvalue weighted by Crippen LogP contribution is 2.30. The van der Waals surface area contributed by atoms with Gasteiger partial charge >= 0.3 is 6.18 Å². The highest BCUT2D eigenvalue weighted by Gasteiger charge is 2.36. The molecule has 33 heavy (non-hydrogen) atoms. The van der Waals surface area contributed by atoms with Crippen molar-refractivity contribution >= 4 is 28.4 Å². The molecule has 4 heterocycles. The molecule has 0 aliphatic heterocycles. The summed E-state index contributed by atoms with van der Waals surface area (Å²) in [5.74, 6) is -0.605. The van der Waals surface area contributed by atoms with Gasteiger partial charge in [-0.15, -0.1) is 0 Å². The van der Waals surface area contributed by atoms with Crippen molar-refractivity contribution in [3.63, 3.8) is 0 Å². The lowest BCUT2D eigenvalue weighted by Crippen LogP contribution is -2.35. The van der Waals surface area contributed by atoms with Crippen LogP contribution in [0.3, 0.4) is 0 Å². The van der Waals surface area contributed by atoms with E-state index in [0.717, 1.165) is 6.92 Å². The average molecular weight is 463 g/mol. The smallest absolute Gasteiger partial charge is 0.349 e. The van der Waals surface area contributed by atoms with Gasteiger partial charge in [0.05, 0.1) is 23.8 Å². The first kappa shape index (κ1) is 22.5. The molecule has 4 aromatic rings. The van der Waals surface area contributed by atoms with Crippen molar-refractivity contribution in [3.05, 3.63) is 42.5 Å². The minimum Gasteiger partial charge on any atom is -0.349 e. The summed E-state index contributed by atoms with van der Waals surface area (Å²) in [6.07, 6.45) is 1.73. The fourth-order valence-electron chi connectivity index (χ4n) is 3.20. The van der Waals surface area contributed by atoms with Crippen LogP contribution in [0.2, 0.25) is 0 Å². The average Bonchev–Trinajstić information content (AvgIpc) is 3.34. The lowest BCUT2D eigenvalue weighted by molar-refractivity contribution is -0.138. The number of anilines is 1. The molecule has 0 bridgehead atoms. The van der Waals surface area contributed by atoms with Gasteiger partial charge in [-0.25, -0.2) is 13.9 Å². The number of nitrogens with one attached hydrogen (secondary N) is 3. The van der Waals surface area contributed by atoms with E-state index in [1.54, 1.807) is 24.5 Å². The zero-order chi connectivity index (χ0) is 24.0. The molecule has 0 saturated carbocycles. The van der Waals surface area contributed by atoms with E-state index in [0.29, 0.717) is 27.7 Å². The number of carbonyl (C=O) groups is 1. The largest absolute Gasteiger partial charge is 0.408 e. The van der Waals surface area contributed by atoms with E-state index in [1.165, 1.54) is 30.8 Å². The Hall–Kier alpha value is -3.70. The molecular weight excluding hydrogens is 442 g/mol. The summed E-state index contributed by atoms with van der Waals surface area (Å²) in [6.45, 7) is 3.57. The second kappa shape index (κ2) is 8.01. The maximum absolute atomic E-state index is 13.7. The van der Waals surface area contributed by atoms with E-state index in [4.69, 9.17) is 0 Å². The minimum absolute atomic E-state index is 0.147. The number of hydrogen-bond donors (Lipinski definition) is 3. The summed E-state index contributed by atoms with van der Waals surface area (Å²) < 4.78 is 53.6. The number of rotatable bonds is 6. The Morgan fingerprint density at radius 2 is 2.00 bits per heavy atom. The van der Waals surface area contributed by atoms with Gasteiger partial charge in [-0.1, -0.05) is 0 Å². The summed E-state index contributed by atoms with van der Waals surface area (Å²) in [7, 11) is 0. The number of halogens is 4. The molecular formula is C21H21F4N7O. The van der Waals surface area contributed by atoms with Crippen LogP contribution in [0.5, 0.6) is 0 Å². The number of amides is 1. The molecule has 1 atom stereocenters. The van der Waals surface area contributed by atoms with E-state index in [2.05, 4.69) is 30.7 Å². The van der Waals surface area contributed by atoms with Crippen LogP contribution in [-0.4, -0.2) is 54.9 Å². The zero-order valence-corrected chi connectivity index (χ0v) is 18.0. The van der Waals surface area contributed by atoms with Crippen molar-refractivity contribution in [2.75, 3.05) is 11.9 Å². The van der Waals surface area contributed by atoms with Crippen molar-refractivity contribution in [1.82, 2.24) is 29.9 Å². The Morgan fingerprint density at radius 3 is 2.70 bits per heavy atom. The molecule has 0 aromatic carbocycles. The third kappa shape index (κ3) is 4.73. The fourth-order valence-corrected chi connectivity index (χ4v) is 3.20. The number of nitrogens with zero attached hydrogens (tertiary/aromatic N) is 4. The van der Waals surface area contributed by atoms with Crippen molar-refractivity contribution in [2.45, 2.75) is 38.7 Å². The van der Waals surface area contributed by atoms with Crippen LogP contribution >= 0.6 is 0 Å². The highest BCUT2D eigenvalue weighted by atomic mass is 19.4. The van der Waals surface area contributed by atoms with E-state index < -0.39 is 23.8 Å². The van der Waals surface area contributed by atoms with Gasteiger partial charge in [0.25, 0.3) is 5.91 Å². The second-order valence-electron chi connectivity index (χ2n) is 8.27. The number of aromatic amines is 1. The number of fused-ring (bicyclic) bond motifs is 2. The topological polar surface area (TPSA) is 100 Å². The van der Waals surface area contributed by atoms with Crippen LogP contribution < -0.4 is 10.6 Å². The lowest BCUT2D eigenvalue weighted by Gasteiger charge is -2.16. The number of hydrogen-bond acceptors (Lipinski definition) is 5.